The number of rotatable bonds is 6. The van der Waals surface area contributed by atoms with Crippen LogP contribution in [0.5, 0.6) is 0 Å². The fraction of sp³-hybridized carbons (Fsp3) is 0.571. The van der Waals surface area contributed by atoms with E-state index in [-0.39, 0.29) is 0 Å². The highest BCUT2D eigenvalue weighted by molar-refractivity contribution is 5.89. The van der Waals surface area contributed by atoms with Crippen molar-refractivity contribution in [2.75, 3.05) is 0 Å². The molecule has 0 aromatic carbocycles. The maximum Gasteiger partial charge on any atom is 0.336 e. The Balaban J connectivity index is 2.86. The van der Waals surface area contributed by atoms with E-state index in [1.54, 1.807) is 6.07 Å². The molecule has 0 amide bonds. The van der Waals surface area contributed by atoms with E-state index < -0.39 is 5.97 Å². The molecule has 0 spiro atoms. The van der Waals surface area contributed by atoms with Crippen LogP contribution in [0.25, 0.3) is 0 Å². The van der Waals surface area contributed by atoms with Crippen LogP contribution in [0.15, 0.2) is 12.3 Å². The quantitative estimate of drug-likeness (QED) is 0.609. The number of carbonyl (C=O) groups is 1. The highest BCUT2D eigenvalue weighted by Crippen LogP contribution is 2.15. The molecule has 0 aliphatic carbocycles. The zero-order valence-corrected chi connectivity index (χ0v) is 11.0. The lowest BCUT2D eigenvalue weighted by molar-refractivity contribution is -0.678. The van der Waals surface area contributed by atoms with Crippen LogP contribution >= 0.6 is 0 Å². The van der Waals surface area contributed by atoms with Crippen molar-refractivity contribution in [1.29, 1.82) is 0 Å². The molecule has 0 atom stereocenters. The number of hydrogen-bond donors (Lipinski definition) is 1. The Bertz CT molecular complexity index is 399. The van der Waals surface area contributed by atoms with Crippen molar-refractivity contribution in [1.82, 2.24) is 0 Å². The summed E-state index contributed by atoms with van der Waals surface area (Å²) in [5, 5.41) is 9.17. The van der Waals surface area contributed by atoms with Gasteiger partial charge >= 0.3 is 5.97 Å². The molecule has 1 rings (SSSR count). The lowest BCUT2D eigenvalue weighted by atomic mass is 10.00. The number of aromatic carboxylic acids is 1. The van der Waals surface area contributed by atoms with Crippen molar-refractivity contribution in [3.63, 3.8) is 0 Å². The van der Waals surface area contributed by atoms with Crippen LogP contribution in [0.4, 0.5) is 0 Å². The van der Waals surface area contributed by atoms with Gasteiger partial charge in [-0.25, -0.2) is 9.36 Å². The van der Waals surface area contributed by atoms with E-state index in [1.807, 2.05) is 24.7 Å². The molecule has 0 aliphatic rings. The van der Waals surface area contributed by atoms with Crippen molar-refractivity contribution in [2.45, 2.75) is 46.0 Å². The number of aromatic nitrogens is 1. The van der Waals surface area contributed by atoms with Gasteiger partial charge in [-0.2, -0.15) is 0 Å². The molecule has 1 N–H and O–H groups in total. The predicted octanol–water partition coefficient (Wildman–Crippen LogP) is 2.64. The summed E-state index contributed by atoms with van der Waals surface area (Å²) in [6.07, 6.45) is 7.34. The highest BCUT2D eigenvalue weighted by atomic mass is 16.4. The second-order valence-electron chi connectivity index (χ2n) is 4.52. The van der Waals surface area contributed by atoms with Gasteiger partial charge in [-0.15, -0.1) is 0 Å². The molecule has 0 radical (unpaired) electrons. The first kappa shape index (κ1) is 13.7. The van der Waals surface area contributed by atoms with E-state index in [0.29, 0.717) is 5.56 Å². The van der Waals surface area contributed by atoms with Crippen LogP contribution < -0.4 is 4.57 Å². The minimum absolute atomic E-state index is 0.456. The molecule has 0 aliphatic heterocycles. The van der Waals surface area contributed by atoms with Gasteiger partial charge in [-0.1, -0.05) is 26.2 Å². The molecular weight excluding hydrogens is 214 g/mol. The van der Waals surface area contributed by atoms with Crippen molar-refractivity contribution in [3.05, 3.63) is 29.1 Å². The third-order valence-electron chi connectivity index (χ3n) is 3.27. The number of unbranched alkanes of at least 4 members (excludes halogenated alkanes) is 3. The van der Waals surface area contributed by atoms with Gasteiger partial charge < -0.3 is 5.11 Å². The summed E-state index contributed by atoms with van der Waals surface area (Å²) in [4.78, 5) is 11.2. The summed E-state index contributed by atoms with van der Waals surface area (Å²) < 4.78 is 1.99. The molecule has 0 unspecified atom stereocenters. The van der Waals surface area contributed by atoms with Crippen molar-refractivity contribution in [3.8, 4) is 0 Å². The molecule has 3 nitrogen and oxygen atoms in total. The smallest absolute Gasteiger partial charge is 0.336 e. The van der Waals surface area contributed by atoms with E-state index in [0.717, 1.165) is 24.1 Å². The second kappa shape index (κ2) is 6.38. The van der Waals surface area contributed by atoms with Crippen LogP contribution in [0.2, 0.25) is 0 Å². The van der Waals surface area contributed by atoms with Gasteiger partial charge in [0, 0.05) is 18.6 Å². The minimum atomic E-state index is -0.820. The Morgan fingerprint density at radius 3 is 2.65 bits per heavy atom. The van der Waals surface area contributed by atoms with Crippen LogP contribution in [0.1, 0.15) is 54.2 Å². The lowest BCUT2D eigenvalue weighted by Crippen LogP contribution is -2.33. The number of pyridine rings is 1. The van der Waals surface area contributed by atoms with Gasteiger partial charge in [0.05, 0.1) is 5.56 Å². The van der Waals surface area contributed by atoms with E-state index in [4.69, 9.17) is 0 Å². The maximum atomic E-state index is 11.2. The largest absolute Gasteiger partial charge is 0.478 e. The lowest BCUT2D eigenvalue weighted by Gasteiger charge is -2.07. The topological polar surface area (TPSA) is 41.2 Å². The molecule has 1 aromatic rings. The summed E-state index contributed by atoms with van der Waals surface area (Å²) in [5.74, 6) is -0.820. The van der Waals surface area contributed by atoms with Crippen molar-refractivity contribution >= 4 is 5.97 Å². The summed E-state index contributed by atoms with van der Waals surface area (Å²) in [5.41, 5.74) is 2.50. The van der Waals surface area contributed by atoms with Crippen LogP contribution in [-0.2, 0) is 13.5 Å². The standard InChI is InChI=1S/C14H21NO2/c1-4-5-6-7-8-12-11(2)15(3)10-9-13(12)14(16)17/h9-10H,4-8H2,1-3H3/p+1. The number of nitrogens with zero attached hydrogens (tertiary/aromatic N) is 1. The molecule has 0 saturated heterocycles. The SMILES string of the molecule is CCCCCCc1c(C(=O)O)cc[n+](C)c1C. The summed E-state index contributed by atoms with van der Waals surface area (Å²) in [6.45, 7) is 4.16. The average molecular weight is 236 g/mol. The maximum absolute atomic E-state index is 11.2. The molecule has 0 fully saturated rings. The fourth-order valence-corrected chi connectivity index (χ4v) is 2.05. The highest BCUT2D eigenvalue weighted by Gasteiger charge is 2.17. The van der Waals surface area contributed by atoms with Gasteiger partial charge in [0.15, 0.2) is 11.9 Å². The first-order chi connectivity index (χ1) is 8.07. The Hall–Kier alpha value is -1.38. The number of carboxylic acid groups (broad SMARTS) is 1. The zero-order valence-electron chi connectivity index (χ0n) is 11.0. The second-order valence-corrected chi connectivity index (χ2v) is 4.52. The van der Waals surface area contributed by atoms with Gasteiger partial charge in [-0.05, 0) is 12.8 Å². The average Bonchev–Trinajstić information content (AvgIpc) is 2.29. The number of hydrogen-bond acceptors (Lipinski definition) is 1. The van der Waals surface area contributed by atoms with Gasteiger partial charge in [0.1, 0.15) is 7.05 Å². The predicted molar refractivity (Wildman–Crippen MR) is 67.2 cm³/mol. The van der Waals surface area contributed by atoms with E-state index in [2.05, 4.69) is 6.92 Å². The molecule has 94 valence electrons. The minimum Gasteiger partial charge on any atom is -0.478 e. The van der Waals surface area contributed by atoms with Crippen LogP contribution in [0.3, 0.4) is 0 Å². The van der Waals surface area contributed by atoms with Gasteiger partial charge in [0.2, 0.25) is 0 Å². The third-order valence-corrected chi connectivity index (χ3v) is 3.27. The number of aryl methyl sites for hydroxylation is 1. The number of carboxylic acids is 1. The first-order valence-electron chi connectivity index (χ1n) is 6.29. The third kappa shape index (κ3) is 3.55. The van der Waals surface area contributed by atoms with E-state index >= 15 is 0 Å². The summed E-state index contributed by atoms with van der Waals surface area (Å²) in [6, 6.07) is 1.70. The van der Waals surface area contributed by atoms with E-state index in [1.165, 1.54) is 19.3 Å². The Morgan fingerprint density at radius 1 is 1.35 bits per heavy atom. The molecule has 1 heterocycles. The Kier molecular flexibility index (Phi) is 5.13. The molecular formula is C14H22NO2+. The fourth-order valence-electron chi connectivity index (χ4n) is 2.05. The van der Waals surface area contributed by atoms with Crippen LogP contribution in [-0.4, -0.2) is 11.1 Å². The summed E-state index contributed by atoms with van der Waals surface area (Å²) >= 11 is 0. The molecule has 0 bridgehead atoms. The van der Waals surface area contributed by atoms with E-state index in [9.17, 15) is 9.90 Å². The van der Waals surface area contributed by atoms with Gasteiger partial charge in [-0.3, -0.25) is 0 Å². The first-order valence-corrected chi connectivity index (χ1v) is 6.29. The molecule has 0 saturated carbocycles. The molecule has 1 aromatic heterocycles. The normalized spacial score (nSPS) is 10.5. The zero-order chi connectivity index (χ0) is 12.8. The van der Waals surface area contributed by atoms with Crippen molar-refractivity contribution < 1.29 is 14.5 Å². The molecule has 17 heavy (non-hydrogen) atoms. The monoisotopic (exact) mass is 236 g/mol. The Morgan fingerprint density at radius 2 is 2.06 bits per heavy atom. The Labute approximate surface area is 103 Å². The van der Waals surface area contributed by atoms with Crippen LogP contribution in [0, 0.1) is 6.92 Å². The summed E-state index contributed by atoms with van der Waals surface area (Å²) in [7, 11) is 1.95. The van der Waals surface area contributed by atoms with Crippen molar-refractivity contribution in [2.24, 2.45) is 7.05 Å². The van der Waals surface area contributed by atoms with Gasteiger partial charge in [0.25, 0.3) is 0 Å². The molecule has 3 heteroatoms.